The van der Waals surface area contributed by atoms with Crippen LogP contribution in [-0.2, 0) is 0 Å². The fourth-order valence-corrected chi connectivity index (χ4v) is 2.00. The third-order valence-corrected chi connectivity index (χ3v) is 3.00. The van der Waals surface area contributed by atoms with E-state index in [0.717, 1.165) is 0 Å². The van der Waals surface area contributed by atoms with Gasteiger partial charge in [-0.2, -0.15) is 5.10 Å². The number of hydrogen-bond donors (Lipinski definition) is 1. The lowest BCUT2D eigenvalue weighted by Crippen LogP contribution is -1.93. The van der Waals surface area contributed by atoms with E-state index >= 15 is 0 Å². The van der Waals surface area contributed by atoms with Gasteiger partial charge in [-0.1, -0.05) is 17.7 Å². The highest BCUT2D eigenvalue weighted by Gasteiger charge is 2.24. The van der Waals surface area contributed by atoms with Gasteiger partial charge >= 0.3 is 0 Å². The van der Waals surface area contributed by atoms with E-state index < -0.39 is 12.1 Å². The maximum absolute atomic E-state index is 13.1. The van der Waals surface area contributed by atoms with Crippen molar-refractivity contribution in [3.63, 3.8) is 0 Å². The standard InChI is InChI=1S/C14H9ClF2N4O/c15-10-7-8(4-6-19-10)22-13-11(9-3-1-2-5-18-9)20-21-12(13)14(16)17/h1-7,14H,(H,20,21). The molecular formula is C14H9ClF2N4O. The number of aromatic nitrogens is 4. The summed E-state index contributed by atoms with van der Waals surface area (Å²) in [6, 6.07) is 8.03. The Morgan fingerprint density at radius 3 is 2.68 bits per heavy atom. The molecule has 1 N–H and O–H groups in total. The number of ether oxygens (including phenoxy) is 1. The summed E-state index contributed by atoms with van der Waals surface area (Å²) in [5, 5.41) is 6.37. The van der Waals surface area contributed by atoms with Crippen LogP contribution in [0, 0.1) is 0 Å². The van der Waals surface area contributed by atoms with Crippen molar-refractivity contribution >= 4 is 11.6 Å². The molecule has 0 amide bonds. The van der Waals surface area contributed by atoms with E-state index in [1.807, 2.05) is 0 Å². The van der Waals surface area contributed by atoms with Gasteiger partial charge < -0.3 is 4.74 Å². The molecule has 5 nitrogen and oxygen atoms in total. The first kappa shape index (κ1) is 14.4. The molecule has 3 rings (SSSR count). The van der Waals surface area contributed by atoms with Crippen LogP contribution in [0.3, 0.4) is 0 Å². The molecule has 8 heteroatoms. The number of aromatic amines is 1. The highest BCUT2D eigenvalue weighted by Crippen LogP contribution is 2.38. The predicted octanol–water partition coefficient (Wildman–Crippen LogP) is 4.25. The van der Waals surface area contributed by atoms with E-state index in [1.165, 1.54) is 18.3 Å². The SMILES string of the molecule is FC(F)c1[nH]nc(-c2ccccn2)c1Oc1ccnc(Cl)c1. The van der Waals surface area contributed by atoms with Gasteiger partial charge in [0.15, 0.2) is 11.4 Å². The smallest absolute Gasteiger partial charge is 0.283 e. The quantitative estimate of drug-likeness (QED) is 0.729. The molecule has 0 fully saturated rings. The molecule has 0 aliphatic heterocycles. The Kier molecular flexibility index (Phi) is 3.97. The van der Waals surface area contributed by atoms with Crippen LogP contribution in [0.2, 0.25) is 5.15 Å². The van der Waals surface area contributed by atoms with Crippen molar-refractivity contribution < 1.29 is 13.5 Å². The minimum Gasteiger partial charge on any atom is -0.453 e. The highest BCUT2D eigenvalue weighted by atomic mass is 35.5. The van der Waals surface area contributed by atoms with E-state index in [9.17, 15) is 8.78 Å². The van der Waals surface area contributed by atoms with Gasteiger partial charge in [-0.05, 0) is 18.2 Å². The first-order chi connectivity index (χ1) is 10.6. The third kappa shape index (κ3) is 2.89. The summed E-state index contributed by atoms with van der Waals surface area (Å²) < 4.78 is 31.8. The third-order valence-electron chi connectivity index (χ3n) is 2.79. The van der Waals surface area contributed by atoms with Crippen molar-refractivity contribution in [1.82, 2.24) is 20.2 Å². The number of alkyl halides is 2. The van der Waals surface area contributed by atoms with E-state index in [4.69, 9.17) is 16.3 Å². The van der Waals surface area contributed by atoms with E-state index in [2.05, 4.69) is 20.2 Å². The van der Waals surface area contributed by atoms with Crippen LogP contribution in [0.4, 0.5) is 8.78 Å². The van der Waals surface area contributed by atoms with E-state index in [-0.39, 0.29) is 22.3 Å². The second kappa shape index (κ2) is 6.07. The van der Waals surface area contributed by atoms with Crippen LogP contribution < -0.4 is 4.74 Å². The van der Waals surface area contributed by atoms with Gasteiger partial charge in [-0.3, -0.25) is 10.1 Å². The normalized spacial score (nSPS) is 10.9. The minimum absolute atomic E-state index is 0.0871. The predicted molar refractivity (Wildman–Crippen MR) is 76.1 cm³/mol. The largest absolute Gasteiger partial charge is 0.453 e. The lowest BCUT2D eigenvalue weighted by molar-refractivity contribution is 0.143. The number of H-pyrrole nitrogens is 1. The van der Waals surface area contributed by atoms with Crippen LogP contribution in [0.5, 0.6) is 11.5 Å². The summed E-state index contributed by atoms with van der Waals surface area (Å²) in [5.74, 6) is 0.191. The molecule has 3 aromatic heterocycles. The summed E-state index contributed by atoms with van der Waals surface area (Å²) in [4.78, 5) is 7.90. The molecule has 0 spiro atoms. The highest BCUT2D eigenvalue weighted by molar-refractivity contribution is 6.29. The Morgan fingerprint density at radius 1 is 1.14 bits per heavy atom. The van der Waals surface area contributed by atoms with Gasteiger partial charge in [0.05, 0.1) is 5.69 Å². The lowest BCUT2D eigenvalue weighted by Gasteiger charge is -2.08. The zero-order chi connectivity index (χ0) is 15.5. The molecule has 0 aliphatic rings. The van der Waals surface area contributed by atoms with Crippen molar-refractivity contribution in [2.24, 2.45) is 0 Å². The first-order valence-electron chi connectivity index (χ1n) is 6.22. The molecule has 3 aromatic rings. The van der Waals surface area contributed by atoms with Crippen LogP contribution in [0.25, 0.3) is 11.4 Å². The second-order valence-corrected chi connectivity index (χ2v) is 4.63. The van der Waals surface area contributed by atoms with Crippen LogP contribution in [0.1, 0.15) is 12.1 Å². The fourth-order valence-electron chi connectivity index (χ4n) is 1.84. The summed E-state index contributed by atoms with van der Waals surface area (Å²) in [7, 11) is 0. The maximum Gasteiger partial charge on any atom is 0.283 e. The molecule has 0 bridgehead atoms. The van der Waals surface area contributed by atoms with Crippen molar-refractivity contribution in [1.29, 1.82) is 0 Å². The van der Waals surface area contributed by atoms with Gasteiger partial charge in [0, 0.05) is 18.5 Å². The van der Waals surface area contributed by atoms with E-state index in [0.29, 0.717) is 5.69 Å². The van der Waals surface area contributed by atoms with Crippen LogP contribution in [-0.4, -0.2) is 20.2 Å². The van der Waals surface area contributed by atoms with Crippen LogP contribution in [0.15, 0.2) is 42.7 Å². The van der Waals surface area contributed by atoms with Gasteiger partial charge in [0.1, 0.15) is 16.6 Å². The molecule has 0 aromatic carbocycles. The molecule has 0 aliphatic carbocycles. The molecule has 0 saturated heterocycles. The summed E-state index contributed by atoms with van der Waals surface area (Å²) in [5.41, 5.74) is 0.193. The van der Waals surface area contributed by atoms with Crippen molar-refractivity contribution in [3.8, 4) is 22.9 Å². The summed E-state index contributed by atoms with van der Waals surface area (Å²) in [6.45, 7) is 0. The Bertz CT molecular complexity index is 780. The lowest BCUT2D eigenvalue weighted by atomic mass is 10.2. The number of nitrogens with zero attached hydrogens (tertiary/aromatic N) is 3. The Labute approximate surface area is 128 Å². The average molecular weight is 323 g/mol. The van der Waals surface area contributed by atoms with Gasteiger partial charge in [-0.15, -0.1) is 0 Å². The number of rotatable bonds is 4. The van der Waals surface area contributed by atoms with E-state index in [1.54, 1.807) is 24.4 Å². The fraction of sp³-hybridized carbons (Fsp3) is 0.0714. The number of halogens is 3. The Hall–Kier alpha value is -2.54. The molecule has 0 radical (unpaired) electrons. The second-order valence-electron chi connectivity index (χ2n) is 4.25. The zero-order valence-electron chi connectivity index (χ0n) is 11.0. The maximum atomic E-state index is 13.1. The molecule has 0 saturated carbocycles. The summed E-state index contributed by atoms with van der Waals surface area (Å²) in [6.07, 6.45) is 0.191. The number of hydrogen-bond acceptors (Lipinski definition) is 4. The van der Waals surface area contributed by atoms with Crippen molar-refractivity contribution in [2.75, 3.05) is 0 Å². The molecule has 0 atom stereocenters. The Morgan fingerprint density at radius 2 is 2.00 bits per heavy atom. The minimum atomic E-state index is -2.77. The Balaban J connectivity index is 2.06. The topological polar surface area (TPSA) is 63.7 Å². The molecule has 22 heavy (non-hydrogen) atoms. The first-order valence-corrected chi connectivity index (χ1v) is 6.60. The summed E-state index contributed by atoms with van der Waals surface area (Å²) >= 11 is 5.77. The molecule has 0 unspecified atom stereocenters. The zero-order valence-corrected chi connectivity index (χ0v) is 11.8. The molecule has 3 heterocycles. The monoisotopic (exact) mass is 322 g/mol. The molecular weight excluding hydrogens is 314 g/mol. The van der Waals surface area contributed by atoms with Crippen molar-refractivity contribution in [3.05, 3.63) is 53.6 Å². The number of pyridine rings is 2. The average Bonchev–Trinajstić information content (AvgIpc) is 2.92. The molecule has 112 valence electrons. The van der Waals surface area contributed by atoms with Crippen LogP contribution >= 0.6 is 11.6 Å². The van der Waals surface area contributed by atoms with Crippen molar-refractivity contribution in [2.45, 2.75) is 6.43 Å². The van der Waals surface area contributed by atoms with Gasteiger partial charge in [0.2, 0.25) is 0 Å². The number of nitrogens with one attached hydrogen (secondary N) is 1. The van der Waals surface area contributed by atoms with Gasteiger partial charge in [0.25, 0.3) is 6.43 Å². The van der Waals surface area contributed by atoms with Gasteiger partial charge in [-0.25, -0.2) is 13.8 Å².